The number of ether oxygens (including phenoxy) is 1. The Kier molecular flexibility index (Phi) is 4.29. The lowest BCUT2D eigenvalue weighted by atomic mass is 10.2. The van der Waals surface area contributed by atoms with Crippen molar-refractivity contribution in [3.8, 4) is 5.75 Å². The number of halogens is 3. The summed E-state index contributed by atoms with van der Waals surface area (Å²) in [5, 5.41) is 10.6. The van der Waals surface area contributed by atoms with Gasteiger partial charge in [-0.2, -0.15) is 4.39 Å². The SMILES string of the molecule is O=[N+]([O-])c1cccc(COc2ccc(Br)c(F)c2)c1F. The van der Waals surface area contributed by atoms with Crippen LogP contribution in [0.25, 0.3) is 0 Å². The van der Waals surface area contributed by atoms with Crippen molar-refractivity contribution in [1.82, 2.24) is 0 Å². The van der Waals surface area contributed by atoms with Crippen LogP contribution >= 0.6 is 15.9 Å². The van der Waals surface area contributed by atoms with Crippen molar-refractivity contribution in [3.63, 3.8) is 0 Å². The predicted molar refractivity (Wildman–Crippen MR) is 71.5 cm³/mol. The van der Waals surface area contributed by atoms with Gasteiger partial charge in [-0.3, -0.25) is 10.1 Å². The first kappa shape index (κ1) is 14.4. The Morgan fingerprint density at radius 2 is 2.00 bits per heavy atom. The number of hydrogen-bond acceptors (Lipinski definition) is 3. The number of hydrogen-bond donors (Lipinski definition) is 0. The van der Waals surface area contributed by atoms with Gasteiger partial charge in [0.25, 0.3) is 0 Å². The molecule has 0 heterocycles. The fourth-order valence-electron chi connectivity index (χ4n) is 1.55. The summed E-state index contributed by atoms with van der Waals surface area (Å²) in [6, 6.07) is 7.90. The maximum atomic E-state index is 13.8. The summed E-state index contributed by atoms with van der Waals surface area (Å²) in [6.45, 7) is -0.228. The highest BCUT2D eigenvalue weighted by atomic mass is 79.9. The van der Waals surface area contributed by atoms with Crippen LogP contribution in [0.2, 0.25) is 0 Å². The number of nitro groups is 1. The largest absolute Gasteiger partial charge is 0.489 e. The molecule has 7 heteroatoms. The average Bonchev–Trinajstić information content (AvgIpc) is 2.41. The van der Waals surface area contributed by atoms with Crippen LogP contribution < -0.4 is 4.74 Å². The zero-order valence-electron chi connectivity index (χ0n) is 9.98. The summed E-state index contributed by atoms with van der Waals surface area (Å²) in [6.07, 6.45) is 0. The minimum absolute atomic E-state index is 0.0301. The Morgan fingerprint density at radius 1 is 1.25 bits per heavy atom. The predicted octanol–water partition coefficient (Wildman–Crippen LogP) is 4.21. The van der Waals surface area contributed by atoms with E-state index < -0.39 is 22.2 Å². The van der Waals surface area contributed by atoms with Gasteiger partial charge in [-0.05, 0) is 28.1 Å². The highest BCUT2D eigenvalue weighted by molar-refractivity contribution is 9.10. The van der Waals surface area contributed by atoms with Gasteiger partial charge in [-0.15, -0.1) is 0 Å². The van der Waals surface area contributed by atoms with Gasteiger partial charge in [-0.25, -0.2) is 4.39 Å². The molecule has 0 aromatic heterocycles. The highest BCUT2D eigenvalue weighted by Crippen LogP contribution is 2.24. The number of nitrogens with zero attached hydrogens (tertiary/aromatic N) is 1. The molecule has 0 radical (unpaired) electrons. The average molecular weight is 344 g/mol. The molecule has 2 rings (SSSR count). The fourth-order valence-corrected chi connectivity index (χ4v) is 1.79. The van der Waals surface area contributed by atoms with E-state index in [1.807, 2.05) is 0 Å². The first-order valence-corrected chi connectivity index (χ1v) is 6.28. The summed E-state index contributed by atoms with van der Waals surface area (Å²) in [5.74, 6) is -1.26. The minimum Gasteiger partial charge on any atom is -0.489 e. The van der Waals surface area contributed by atoms with E-state index in [4.69, 9.17) is 4.74 Å². The van der Waals surface area contributed by atoms with Crippen molar-refractivity contribution in [2.75, 3.05) is 0 Å². The van der Waals surface area contributed by atoms with Crippen LogP contribution in [-0.2, 0) is 6.61 Å². The molecular weight excluding hydrogens is 336 g/mol. The van der Waals surface area contributed by atoms with Gasteiger partial charge in [-0.1, -0.05) is 12.1 Å². The van der Waals surface area contributed by atoms with Gasteiger partial charge < -0.3 is 4.74 Å². The Balaban J connectivity index is 2.17. The molecule has 0 fully saturated rings. The molecule has 0 atom stereocenters. The fraction of sp³-hybridized carbons (Fsp3) is 0.0769. The van der Waals surface area contributed by atoms with Gasteiger partial charge in [0, 0.05) is 17.7 Å². The lowest BCUT2D eigenvalue weighted by molar-refractivity contribution is -0.387. The Labute approximate surface area is 121 Å². The molecule has 0 saturated carbocycles. The lowest BCUT2D eigenvalue weighted by Crippen LogP contribution is -2.02. The maximum Gasteiger partial charge on any atom is 0.305 e. The van der Waals surface area contributed by atoms with Crippen LogP contribution in [-0.4, -0.2) is 4.92 Å². The van der Waals surface area contributed by atoms with Crippen LogP contribution in [0.3, 0.4) is 0 Å². The molecule has 0 bridgehead atoms. The summed E-state index contributed by atoms with van der Waals surface area (Å²) in [4.78, 5) is 9.79. The Bertz CT molecular complexity index is 664. The number of benzene rings is 2. The van der Waals surface area contributed by atoms with Crippen molar-refractivity contribution in [1.29, 1.82) is 0 Å². The van der Waals surface area contributed by atoms with E-state index in [0.29, 0.717) is 0 Å². The molecular formula is C13H8BrF2NO3. The third-order valence-corrected chi connectivity index (χ3v) is 3.18. The zero-order valence-corrected chi connectivity index (χ0v) is 11.6. The Morgan fingerprint density at radius 3 is 2.65 bits per heavy atom. The van der Waals surface area contributed by atoms with E-state index >= 15 is 0 Å². The Hall–Kier alpha value is -2.02. The summed E-state index contributed by atoms with van der Waals surface area (Å²) >= 11 is 3.00. The van der Waals surface area contributed by atoms with Gasteiger partial charge >= 0.3 is 5.69 Å². The monoisotopic (exact) mass is 343 g/mol. The highest BCUT2D eigenvalue weighted by Gasteiger charge is 2.17. The second kappa shape index (κ2) is 5.96. The molecule has 0 N–H and O–H groups in total. The zero-order chi connectivity index (χ0) is 14.7. The van der Waals surface area contributed by atoms with Gasteiger partial charge in [0.1, 0.15) is 18.2 Å². The number of nitro benzene ring substituents is 1. The topological polar surface area (TPSA) is 52.4 Å². The normalized spacial score (nSPS) is 10.3. The second-order valence-corrected chi connectivity index (χ2v) is 4.73. The van der Waals surface area contributed by atoms with E-state index in [1.54, 1.807) is 0 Å². The van der Waals surface area contributed by atoms with Gasteiger partial charge in [0.05, 0.1) is 9.40 Å². The van der Waals surface area contributed by atoms with Gasteiger partial charge in [0.15, 0.2) is 0 Å². The van der Waals surface area contributed by atoms with E-state index in [-0.39, 0.29) is 22.4 Å². The molecule has 0 spiro atoms. The minimum atomic E-state index is -0.949. The third-order valence-electron chi connectivity index (χ3n) is 2.54. The summed E-state index contributed by atoms with van der Waals surface area (Å²) < 4.78 is 32.5. The molecule has 0 aliphatic heterocycles. The molecule has 104 valence electrons. The van der Waals surface area contributed by atoms with E-state index in [0.717, 1.165) is 12.1 Å². The molecule has 0 amide bonds. The summed E-state index contributed by atoms with van der Waals surface area (Å²) in [5.41, 5.74) is -0.587. The van der Waals surface area contributed by atoms with Crippen LogP contribution in [0.4, 0.5) is 14.5 Å². The summed E-state index contributed by atoms with van der Waals surface area (Å²) in [7, 11) is 0. The van der Waals surface area contributed by atoms with Crippen molar-refractivity contribution in [2.45, 2.75) is 6.61 Å². The first-order chi connectivity index (χ1) is 9.49. The van der Waals surface area contributed by atoms with E-state index in [2.05, 4.69) is 15.9 Å². The first-order valence-electron chi connectivity index (χ1n) is 5.48. The molecule has 0 aliphatic carbocycles. The van der Waals surface area contributed by atoms with Crippen molar-refractivity contribution >= 4 is 21.6 Å². The molecule has 2 aromatic rings. The molecule has 4 nitrogen and oxygen atoms in total. The van der Waals surface area contributed by atoms with Gasteiger partial charge in [0.2, 0.25) is 5.82 Å². The van der Waals surface area contributed by atoms with Crippen LogP contribution in [0.5, 0.6) is 5.75 Å². The number of rotatable bonds is 4. The quantitative estimate of drug-likeness (QED) is 0.617. The molecule has 20 heavy (non-hydrogen) atoms. The van der Waals surface area contributed by atoms with Crippen molar-refractivity contribution in [2.24, 2.45) is 0 Å². The molecule has 0 aliphatic rings. The molecule has 0 saturated heterocycles. The van der Waals surface area contributed by atoms with E-state index in [1.165, 1.54) is 24.3 Å². The molecule has 2 aromatic carbocycles. The van der Waals surface area contributed by atoms with E-state index in [9.17, 15) is 18.9 Å². The lowest BCUT2D eigenvalue weighted by Gasteiger charge is -2.07. The smallest absolute Gasteiger partial charge is 0.305 e. The van der Waals surface area contributed by atoms with Crippen LogP contribution in [0.15, 0.2) is 40.9 Å². The molecule has 0 unspecified atom stereocenters. The van der Waals surface area contributed by atoms with Crippen molar-refractivity contribution in [3.05, 3.63) is 68.2 Å². The van der Waals surface area contributed by atoms with Crippen LogP contribution in [0.1, 0.15) is 5.56 Å². The van der Waals surface area contributed by atoms with Crippen molar-refractivity contribution < 1.29 is 18.4 Å². The maximum absolute atomic E-state index is 13.8. The van der Waals surface area contributed by atoms with Crippen LogP contribution in [0, 0.1) is 21.7 Å². The third kappa shape index (κ3) is 3.11. The second-order valence-electron chi connectivity index (χ2n) is 3.87. The standard InChI is InChI=1S/C13H8BrF2NO3/c14-10-5-4-9(6-11(10)15)20-7-8-2-1-3-12(13(8)16)17(18)19/h1-6H,7H2.